The first kappa shape index (κ1) is 14.2. The van der Waals surface area contributed by atoms with E-state index in [2.05, 4.69) is 22.0 Å². The van der Waals surface area contributed by atoms with Crippen molar-refractivity contribution in [1.82, 2.24) is 0 Å². The molecule has 0 aliphatic carbocycles. The van der Waals surface area contributed by atoms with E-state index in [-0.39, 0.29) is 5.38 Å². The van der Waals surface area contributed by atoms with E-state index in [1.54, 1.807) is 24.5 Å². The molecule has 2 aromatic rings. The average molecular weight is 366 g/mol. The van der Waals surface area contributed by atoms with Gasteiger partial charge in [0, 0.05) is 15.5 Å². The maximum Gasteiger partial charge on any atom is 0.138 e. The molecule has 1 aromatic heterocycles. The van der Waals surface area contributed by atoms with Gasteiger partial charge in [-0.15, -0.1) is 22.9 Å². The number of hydrogen-bond donors (Lipinski definition) is 0. The summed E-state index contributed by atoms with van der Waals surface area (Å²) in [4.78, 5) is 1.11. The lowest BCUT2D eigenvalue weighted by atomic mass is 10.1. The summed E-state index contributed by atoms with van der Waals surface area (Å²) in [5.41, 5.74) is 2.06. The van der Waals surface area contributed by atoms with Crippen LogP contribution in [0.5, 0.6) is 5.75 Å². The summed E-state index contributed by atoms with van der Waals surface area (Å²) in [6.45, 7) is 2.05. The number of methoxy groups -OCH3 is 1. The lowest BCUT2D eigenvalue weighted by Crippen LogP contribution is -1.98. The molecule has 0 bridgehead atoms. The van der Waals surface area contributed by atoms with Gasteiger partial charge in [-0.25, -0.2) is 0 Å². The summed E-state index contributed by atoms with van der Waals surface area (Å²) < 4.78 is 6.22. The van der Waals surface area contributed by atoms with E-state index in [0.29, 0.717) is 5.02 Å². The van der Waals surface area contributed by atoms with Crippen LogP contribution in [0.25, 0.3) is 0 Å². The highest BCUT2D eigenvalue weighted by Gasteiger charge is 2.21. The van der Waals surface area contributed by atoms with E-state index in [4.69, 9.17) is 27.9 Å². The standard InChI is InChI=1S/C13H11BrCl2OS/c1-7-3-4-18-13(7)11(16)9-5-8(15)6-10(14)12(9)17-2/h3-6,11H,1-2H3. The first-order valence-corrected chi connectivity index (χ1v) is 7.74. The van der Waals surface area contributed by atoms with Crippen molar-refractivity contribution >= 4 is 50.5 Å². The fraction of sp³-hybridized carbons (Fsp3) is 0.231. The molecule has 5 heteroatoms. The van der Waals surface area contributed by atoms with Crippen molar-refractivity contribution in [1.29, 1.82) is 0 Å². The van der Waals surface area contributed by atoms with Crippen LogP contribution in [-0.2, 0) is 0 Å². The Labute approximate surface area is 129 Å². The van der Waals surface area contributed by atoms with Crippen molar-refractivity contribution < 1.29 is 4.74 Å². The van der Waals surface area contributed by atoms with Gasteiger partial charge in [0.05, 0.1) is 17.0 Å². The summed E-state index contributed by atoms with van der Waals surface area (Å²) in [5, 5.41) is 2.42. The average Bonchev–Trinajstić information content (AvgIpc) is 2.73. The number of hydrogen-bond acceptors (Lipinski definition) is 2. The molecule has 0 radical (unpaired) electrons. The Balaban J connectivity index is 2.54. The number of alkyl halides is 1. The molecule has 0 aliphatic heterocycles. The van der Waals surface area contributed by atoms with Gasteiger partial charge in [0.1, 0.15) is 5.75 Å². The Kier molecular flexibility index (Phi) is 4.59. The number of halogens is 3. The van der Waals surface area contributed by atoms with E-state index in [1.807, 2.05) is 18.4 Å². The van der Waals surface area contributed by atoms with Crippen LogP contribution >= 0.6 is 50.5 Å². The van der Waals surface area contributed by atoms with Crippen LogP contribution in [0.4, 0.5) is 0 Å². The summed E-state index contributed by atoms with van der Waals surface area (Å²) >= 11 is 17.7. The predicted molar refractivity (Wildman–Crippen MR) is 82.5 cm³/mol. The van der Waals surface area contributed by atoms with Gasteiger partial charge < -0.3 is 4.74 Å². The van der Waals surface area contributed by atoms with Crippen molar-refractivity contribution in [2.24, 2.45) is 0 Å². The van der Waals surface area contributed by atoms with E-state index < -0.39 is 0 Å². The smallest absolute Gasteiger partial charge is 0.138 e. The minimum Gasteiger partial charge on any atom is -0.495 e. The quantitative estimate of drug-likeness (QED) is 0.623. The minimum atomic E-state index is -0.255. The van der Waals surface area contributed by atoms with Crippen LogP contribution in [0.2, 0.25) is 5.02 Å². The number of aryl methyl sites for hydroxylation is 1. The van der Waals surface area contributed by atoms with Gasteiger partial charge in [-0.05, 0) is 52.0 Å². The molecule has 0 amide bonds. The number of ether oxygens (including phenoxy) is 1. The van der Waals surface area contributed by atoms with E-state index in [1.165, 1.54) is 5.56 Å². The predicted octanol–water partition coefficient (Wildman–Crippen LogP) is 5.81. The van der Waals surface area contributed by atoms with Gasteiger partial charge in [-0.2, -0.15) is 0 Å². The summed E-state index contributed by atoms with van der Waals surface area (Å²) in [6.07, 6.45) is 0. The lowest BCUT2D eigenvalue weighted by molar-refractivity contribution is 0.407. The molecular formula is C13H11BrCl2OS. The number of rotatable bonds is 3. The first-order chi connectivity index (χ1) is 8.54. The van der Waals surface area contributed by atoms with Crippen LogP contribution in [0.3, 0.4) is 0 Å². The van der Waals surface area contributed by atoms with Gasteiger partial charge in [0.25, 0.3) is 0 Å². The van der Waals surface area contributed by atoms with Gasteiger partial charge >= 0.3 is 0 Å². The normalized spacial score (nSPS) is 12.5. The minimum absolute atomic E-state index is 0.255. The zero-order valence-electron chi connectivity index (χ0n) is 9.84. The molecule has 1 unspecified atom stereocenters. The third-order valence-electron chi connectivity index (χ3n) is 2.65. The van der Waals surface area contributed by atoms with Crippen molar-refractivity contribution in [2.45, 2.75) is 12.3 Å². The van der Waals surface area contributed by atoms with Gasteiger partial charge in [0.2, 0.25) is 0 Å². The highest BCUT2D eigenvalue weighted by atomic mass is 79.9. The molecule has 0 saturated heterocycles. The van der Waals surface area contributed by atoms with Crippen molar-refractivity contribution in [2.75, 3.05) is 7.11 Å². The molecule has 1 aromatic carbocycles. The third kappa shape index (κ3) is 2.69. The molecular weight excluding hydrogens is 355 g/mol. The Hall–Kier alpha value is -0.220. The molecule has 0 saturated carbocycles. The van der Waals surface area contributed by atoms with Crippen LogP contribution in [0.1, 0.15) is 21.4 Å². The third-order valence-corrected chi connectivity index (χ3v) is 5.12. The molecule has 0 N–H and O–H groups in total. The van der Waals surface area contributed by atoms with E-state index in [0.717, 1.165) is 20.7 Å². The molecule has 0 spiro atoms. The summed E-state index contributed by atoms with van der Waals surface area (Å²) in [6, 6.07) is 5.71. The van der Waals surface area contributed by atoms with Gasteiger partial charge in [0.15, 0.2) is 0 Å². The largest absolute Gasteiger partial charge is 0.495 e. The molecule has 18 heavy (non-hydrogen) atoms. The van der Waals surface area contributed by atoms with Crippen LogP contribution < -0.4 is 4.74 Å². The highest BCUT2D eigenvalue weighted by Crippen LogP contribution is 2.43. The van der Waals surface area contributed by atoms with E-state index in [9.17, 15) is 0 Å². The second kappa shape index (κ2) is 5.83. The second-order valence-corrected chi connectivity index (χ2v) is 6.52. The fourth-order valence-corrected chi connectivity index (χ4v) is 4.17. The fourth-order valence-electron chi connectivity index (χ4n) is 1.77. The van der Waals surface area contributed by atoms with E-state index >= 15 is 0 Å². The Morgan fingerprint density at radius 1 is 1.39 bits per heavy atom. The van der Waals surface area contributed by atoms with Crippen molar-refractivity contribution in [3.63, 3.8) is 0 Å². The molecule has 0 aliphatic rings. The number of thiophene rings is 1. The van der Waals surface area contributed by atoms with Crippen molar-refractivity contribution in [3.8, 4) is 5.75 Å². The number of benzene rings is 1. The first-order valence-electron chi connectivity index (χ1n) is 5.25. The Morgan fingerprint density at radius 2 is 2.11 bits per heavy atom. The summed E-state index contributed by atoms with van der Waals surface area (Å²) in [5.74, 6) is 0.729. The second-order valence-electron chi connectivity index (χ2n) is 3.84. The Bertz CT molecular complexity index is 568. The molecule has 1 nitrogen and oxygen atoms in total. The zero-order chi connectivity index (χ0) is 13.3. The van der Waals surface area contributed by atoms with Gasteiger partial charge in [-0.1, -0.05) is 11.6 Å². The molecule has 1 heterocycles. The molecule has 2 rings (SSSR count). The maximum atomic E-state index is 6.56. The molecule has 96 valence electrons. The monoisotopic (exact) mass is 364 g/mol. The highest BCUT2D eigenvalue weighted by molar-refractivity contribution is 9.10. The van der Waals surface area contributed by atoms with Crippen molar-refractivity contribution in [3.05, 3.63) is 49.1 Å². The van der Waals surface area contributed by atoms with Crippen LogP contribution in [0, 0.1) is 6.92 Å². The molecule has 0 fully saturated rings. The lowest BCUT2D eigenvalue weighted by Gasteiger charge is -2.15. The van der Waals surface area contributed by atoms with Gasteiger partial charge in [-0.3, -0.25) is 0 Å². The van der Waals surface area contributed by atoms with Crippen LogP contribution in [0.15, 0.2) is 28.1 Å². The topological polar surface area (TPSA) is 9.23 Å². The van der Waals surface area contributed by atoms with Crippen LogP contribution in [-0.4, -0.2) is 7.11 Å². The molecule has 1 atom stereocenters. The zero-order valence-corrected chi connectivity index (χ0v) is 13.8. The Morgan fingerprint density at radius 3 is 2.67 bits per heavy atom. The maximum absolute atomic E-state index is 6.56. The summed E-state index contributed by atoms with van der Waals surface area (Å²) in [7, 11) is 1.63. The SMILES string of the molecule is COc1c(Br)cc(Cl)cc1C(Cl)c1sccc1C.